The van der Waals surface area contributed by atoms with Crippen molar-refractivity contribution in [2.24, 2.45) is 0 Å². The maximum Gasteiger partial charge on any atom is 0.409 e. The van der Waals surface area contributed by atoms with Crippen LogP contribution in [0, 0.1) is 0 Å². The van der Waals surface area contributed by atoms with Crippen LogP contribution in [0.3, 0.4) is 0 Å². The number of esters is 1. The monoisotopic (exact) mass is 581 g/mol. The number of amides is 3. The van der Waals surface area contributed by atoms with E-state index >= 15 is 0 Å². The van der Waals surface area contributed by atoms with Gasteiger partial charge in [0.25, 0.3) is 5.91 Å². The summed E-state index contributed by atoms with van der Waals surface area (Å²) in [5, 5.41) is 2.74. The van der Waals surface area contributed by atoms with Crippen LogP contribution in [0.2, 0.25) is 0 Å². The summed E-state index contributed by atoms with van der Waals surface area (Å²) >= 11 is 0. The average molecular weight is 582 g/mol. The largest absolute Gasteiger partial charge is 0.460 e. The number of ketones is 1. The highest BCUT2D eigenvalue weighted by Crippen LogP contribution is 2.17. The van der Waals surface area contributed by atoms with Gasteiger partial charge in [0.05, 0.1) is 12.3 Å². The van der Waals surface area contributed by atoms with E-state index in [1.165, 1.54) is 17.9 Å². The molecule has 0 radical (unpaired) electrons. The van der Waals surface area contributed by atoms with Crippen molar-refractivity contribution in [1.82, 2.24) is 25.1 Å². The number of hydrogen-bond acceptors (Lipinski definition) is 9. The summed E-state index contributed by atoms with van der Waals surface area (Å²) in [6.07, 6.45) is -0.549. The highest BCUT2D eigenvalue weighted by atomic mass is 16.6. The second kappa shape index (κ2) is 14.5. The summed E-state index contributed by atoms with van der Waals surface area (Å²) in [6, 6.07) is 9.40. The fourth-order valence-electron chi connectivity index (χ4n) is 4.36. The van der Waals surface area contributed by atoms with Gasteiger partial charge >= 0.3 is 12.1 Å². The number of piperazine rings is 1. The number of hydrogen-bond donors (Lipinski definition) is 1. The van der Waals surface area contributed by atoms with E-state index in [1.807, 2.05) is 18.2 Å². The first kappa shape index (κ1) is 32.2. The number of Topliss-reactive ketones (excluding diaryl/α,β-unsaturated/α-hetero) is 1. The molecule has 42 heavy (non-hydrogen) atoms. The van der Waals surface area contributed by atoms with E-state index in [0.717, 1.165) is 0 Å². The Labute approximate surface area is 245 Å². The molecule has 1 fully saturated rings. The van der Waals surface area contributed by atoms with Gasteiger partial charge in [-0.15, -0.1) is 0 Å². The molecule has 1 aliphatic rings. The maximum absolute atomic E-state index is 13.6. The van der Waals surface area contributed by atoms with Crippen molar-refractivity contribution in [2.75, 3.05) is 32.8 Å². The SMILES string of the molecule is CCOC(=O)N1CCN(C(=O)[C@H](CCC(=O)OC(C)(C)C)NC(=O)c2cc(CC(C)=O)nc(-c3ccccc3)n2)CC1. The molecule has 1 atom stereocenters. The molecule has 0 bridgehead atoms. The van der Waals surface area contributed by atoms with Gasteiger partial charge in [0.2, 0.25) is 5.91 Å². The summed E-state index contributed by atoms with van der Waals surface area (Å²) in [6.45, 7) is 9.67. The zero-order chi connectivity index (χ0) is 30.9. The van der Waals surface area contributed by atoms with Gasteiger partial charge in [-0.3, -0.25) is 19.2 Å². The predicted molar refractivity (Wildman–Crippen MR) is 153 cm³/mol. The van der Waals surface area contributed by atoms with E-state index in [1.54, 1.807) is 44.7 Å². The van der Waals surface area contributed by atoms with E-state index in [2.05, 4.69) is 15.3 Å². The molecule has 2 heterocycles. The number of carbonyl (C=O) groups excluding carboxylic acids is 5. The molecule has 12 nitrogen and oxygen atoms in total. The first-order valence-corrected chi connectivity index (χ1v) is 14.0. The summed E-state index contributed by atoms with van der Waals surface area (Å²) in [7, 11) is 0. The van der Waals surface area contributed by atoms with Gasteiger partial charge in [0.15, 0.2) is 5.82 Å². The van der Waals surface area contributed by atoms with Crippen LogP contribution < -0.4 is 5.32 Å². The van der Waals surface area contributed by atoms with Crippen molar-refractivity contribution < 1.29 is 33.4 Å². The fraction of sp³-hybridized carbons (Fsp3) is 0.500. The van der Waals surface area contributed by atoms with Crippen LogP contribution in [-0.2, 0) is 30.3 Å². The predicted octanol–water partition coefficient (Wildman–Crippen LogP) is 2.80. The molecular formula is C30H39N5O7. The van der Waals surface area contributed by atoms with Crippen molar-refractivity contribution >= 4 is 29.7 Å². The minimum absolute atomic E-state index is 0.00545. The number of ether oxygens (including phenoxy) is 2. The lowest BCUT2D eigenvalue weighted by molar-refractivity contribution is -0.155. The molecule has 1 aliphatic heterocycles. The van der Waals surface area contributed by atoms with Gasteiger partial charge in [0, 0.05) is 44.6 Å². The third kappa shape index (κ3) is 9.64. The van der Waals surface area contributed by atoms with E-state index in [9.17, 15) is 24.0 Å². The molecule has 3 amide bonds. The van der Waals surface area contributed by atoms with Crippen molar-refractivity contribution in [3.63, 3.8) is 0 Å². The molecule has 1 saturated heterocycles. The normalized spacial score (nSPS) is 14.1. The third-order valence-electron chi connectivity index (χ3n) is 6.25. The first-order chi connectivity index (χ1) is 19.9. The molecule has 0 spiro atoms. The molecule has 1 N–H and O–H groups in total. The van der Waals surface area contributed by atoms with Gasteiger partial charge in [-0.1, -0.05) is 30.3 Å². The highest BCUT2D eigenvalue weighted by Gasteiger charge is 2.32. The summed E-state index contributed by atoms with van der Waals surface area (Å²) in [5.41, 5.74) is 0.315. The number of carbonyl (C=O) groups is 5. The van der Waals surface area contributed by atoms with Crippen molar-refractivity contribution in [3.8, 4) is 11.4 Å². The maximum atomic E-state index is 13.6. The van der Waals surface area contributed by atoms with Gasteiger partial charge in [-0.25, -0.2) is 14.8 Å². The lowest BCUT2D eigenvalue weighted by Crippen LogP contribution is -2.56. The van der Waals surface area contributed by atoms with Crippen LogP contribution >= 0.6 is 0 Å². The third-order valence-corrected chi connectivity index (χ3v) is 6.25. The zero-order valence-corrected chi connectivity index (χ0v) is 24.8. The van der Waals surface area contributed by atoms with Crippen molar-refractivity contribution in [2.45, 2.75) is 65.5 Å². The molecule has 0 aliphatic carbocycles. The van der Waals surface area contributed by atoms with Crippen LogP contribution in [0.25, 0.3) is 11.4 Å². The molecule has 2 aromatic rings. The van der Waals surface area contributed by atoms with Crippen molar-refractivity contribution in [3.05, 3.63) is 47.8 Å². The molecule has 0 saturated carbocycles. The summed E-state index contributed by atoms with van der Waals surface area (Å²) in [4.78, 5) is 75.5. The Kier molecular flexibility index (Phi) is 11.1. The average Bonchev–Trinajstić information content (AvgIpc) is 2.94. The Morgan fingerprint density at radius 2 is 1.62 bits per heavy atom. The Morgan fingerprint density at radius 1 is 0.976 bits per heavy atom. The molecule has 226 valence electrons. The number of aromatic nitrogens is 2. The molecule has 0 unspecified atom stereocenters. The minimum atomic E-state index is -1.06. The molecule has 12 heteroatoms. The highest BCUT2D eigenvalue weighted by molar-refractivity contribution is 5.97. The quantitative estimate of drug-likeness (QED) is 0.418. The lowest BCUT2D eigenvalue weighted by Gasteiger charge is -2.36. The zero-order valence-electron chi connectivity index (χ0n) is 24.8. The summed E-state index contributed by atoms with van der Waals surface area (Å²) < 4.78 is 10.4. The van der Waals surface area contributed by atoms with E-state index in [4.69, 9.17) is 9.47 Å². The standard InChI is InChI=1S/C30H39N5O7/c1-6-41-29(40)35-16-14-34(15-17-35)28(39)23(12-13-25(37)42-30(3,4)5)33-27(38)24-19-22(18-20(2)36)31-26(32-24)21-10-8-7-9-11-21/h7-11,19,23H,6,12-18H2,1-5H3,(H,33,38)/t23-/m0/s1. The Morgan fingerprint density at radius 3 is 2.21 bits per heavy atom. The lowest BCUT2D eigenvalue weighted by atomic mass is 10.1. The number of nitrogens with zero attached hydrogens (tertiary/aromatic N) is 4. The van der Waals surface area contributed by atoms with Crippen molar-refractivity contribution in [1.29, 1.82) is 0 Å². The van der Waals surface area contributed by atoms with Crippen LogP contribution in [0.4, 0.5) is 4.79 Å². The number of nitrogens with one attached hydrogen (secondary N) is 1. The minimum Gasteiger partial charge on any atom is -0.460 e. The van der Waals surface area contributed by atoms with Crippen LogP contribution in [0.1, 0.15) is 63.6 Å². The Bertz CT molecular complexity index is 1280. The van der Waals surface area contributed by atoms with E-state index in [-0.39, 0.29) is 69.3 Å². The van der Waals surface area contributed by atoms with Crippen LogP contribution in [0.15, 0.2) is 36.4 Å². The number of rotatable bonds is 10. The molecule has 1 aromatic carbocycles. The van der Waals surface area contributed by atoms with E-state index in [0.29, 0.717) is 11.3 Å². The smallest absolute Gasteiger partial charge is 0.409 e. The van der Waals surface area contributed by atoms with Gasteiger partial charge in [-0.2, -0.15) is 0 Å². The van der Waals surface area contributed by atoms with Crippen LogP contribution in [-0.4, -0.2) is 93.9 Å². The van der Waals surface area contributed by atoms with E-state index < -0.39 is 35.5 Å². The topological polar surface area (TPSA) is 148 Å². The van der Waals surface area contributed by atoms with Gasteiger partial charge in [-0.05, 0) is 47.1 Å². The molecule has 1 aromatic heterocycles. The fourth-order valence-corrected chi connectivity index (χ4v) is 4.36. The Hall–Kier alpha value is -4.35. The van der Waals surface area contributed by atoms with Gasteiger partial charge in [0.1, 0.15) is 23.1 Å². The molecule has 3 rings (SSSR count). The second-order valence-corrected chi connectivity index (χ2v) is 11.0. The van der Waals surface area contributed by atoms with Crippen LogP contribution in [0.5, 0.6) is 0 Å². The molecular weight excluding hydrogens is 542 g/mol. The second-order valence-electron chi connectivity index (χ2n) is 11.0. The summed E-state index contributed by atoms with van der Waals surface area (Å²) in [5.74, 6) is -1.40. The first-order valence-electron chi connectivity index (χ1n) is 14.0. The Balaban J connectivity index is 1.83. The van der Waals surface area contributed by atoms with Gasteiger partial charge < -0.3 is 24.6 Å². The number of benzene rings is 1.